The highest BCUT2D eigenvalue weighted by molar-refractivity contribution is 5.85. The van der Waals surface area contributed by atoms with Gasteiger partial charge in [-0.2, -0.15) is 0 Å². The third-order valence-corrected chi connectivity index (χ3v) is 5.55. The van der Waals surface area contributed by atoms with Crippen LogP contribution in [0.5, 0.6) is 0 Å². The van der Waals surface area contributed by atoms with Crippen LogP contribution in [0.3, 0.4) is 0 Å². The highest BCUT2D eigenvalue weighted by Gasteiger charge is 2.25. The fraction of sp³-hybridized carbons (Fsp3) is 0.636. The molecule has 1 aromatic carbocycles. The van der Waals surface area contributed by atoms with E-state index in [1.807, 2.05) is 4.90 Å². The molecular weight excluding hydrogens is 352 g/mol. The lowest BCUT2D eigenvalue weighted by Gasteiger charge is -2.36. The lowest BCUT2D eigenvalue weighted by molar-refractivity contribution is -0.130. The molecule has 0 radical (unpaired) electrons. The van der Waals surface area contributed by atoms with Crippen LogP contribution in [0.1, 0.15) is 49.0 Å². The maximum Gasteiger partial charge on any atom is 0.244 e. The molecule has 1 amide bonds. The van der Waals surface area contributed by atoms with Gasteiger partial charge >= 0.3 is 0 Å². The predicted octanol–water partition coefficient (Wildman–Crippen LogP) is 2.65. The molecule has 28 heavy (non-hydrogen) atoms. The summed E-state index contributed by atoms with van der Waals surface area (Å²) in [5.74, 6) is 0.945. The summed E-state index contributed by atoms with van der Waals surface area (Å²) in [5.41, 5.74) is 3.75. The number of aryl methyl sites for hydroxylation is 2. The molecule has 1 atom stereocenters. The van der Waals surface area contributed by atoms with Crippen LogP contribution in [0.2, 0.25) is 0 Å². The third kappa shape index (κ3) is 5.25. The predicted molar refractivity (Wildman–Crippen MR) is 113 cm³/mol. The van der Waals surface area contributed by atoms with E-state index in [1.54, 1.807) is 0 Å². The molecule has 2 heterocycles. The number of rotatable bonds is 4. The monoisotopic (exact) mass is 386 g/mol. The lowest BCUT2D eigenvalue weighted by atomic mass is 10.00. The largest absolute Gasteiger partial charge is 0.370 e. The molecular formula is C22H34N4O2. The van der Waals surface area contributed by atoms with Gasteiger partial charge in [0.2, 0.25) is 5.91 Å². The number of ether oxygens (including phenoxy) is 1. The Kier molecular flexibility index (Phi) is 7.31. The lowest BCUT2D eigenvalue weighted by Crippen LogP contribution is -2.48. The fourth-order valence-electron chi connectivity index (χ4n) is 4.03. The van der Waals surface area contributed by atoms with Gasteiger partial charge in [0.1, 0.15) is 12.6 Å². The zero-order valence-corrected chi connectivity index (χ0v) is 17.5. The van der Waals surface area contributed by atoms with Gasteiger partial charge in [-0.15, -0.1) is 0 Å². The van der Waals surface area contributed by atoms with Gasteiger partial charge in [-0.05, 0) is 51.2 Å². The summed E-state index contributed by atoms with van der Waals surface area (Å²) in [6.07, 6.45) is 3.46. The molecule has 6 nitrogen and oxygen atoms in total. The summed E-state index contributed by atoms with van der Waals surface area (Å²) in [4.78, 5) is 21.3. The number of morpholine rings is 1. The number of aliphatic imine (C=N–C) groups is 1. The van der Waals surface area contributed by atoms with E-state index in [0.29, 0.717) is 6.61 Å². The summed E-state index contributed by atoms with van der Waals surface area (Å²) in [6, 6.07) is 6.51. The summed E-state index contributed by atoms with van der Waals surface area (Å²) < 4.78 is 6.06. The number of nitrogens with one attached hydrogen (secondary N) is 1. The molecule has 0 saturated carbocycles. The van der Waals surface area contributed by atoms with E-state index >= 15 is 0 Å². The van der Waals surface area contributed by atoms with Crippen molar-refractivity contribution in [2.45, 2.75) is 46.1 Å². The maximum atomic E-state index is 12.5. The topological polar surface area (TPSA) is 57.2 Å². The van der Waals surface area contributed by atoms with Gasteiger partial charge in [-0.3, -0.25) is 4.79 Å². The second kappa shape index (κ2) is 9.92. The Labute approximate surface area is 168 Å². The van der Waals surface area contributed by atoms with Gasteiger partial charge in [-0.25, -0.2) is 4.99 Å². The smallest absolute Gasteiger partial charge is 0.244 e. The average molecular weight is 387 g/mol. The maximum absolute atomic E-state index is 12.5. The van der Waals surface area contributed by atoms with Gasteiger partial charge in [0, 0.05) is 26.2 Å². The second-order valence-electron chi connectivity index (χ2n) is 7.78. The van der Waals surface area contributed by atoms with E-state index in [4.69, 9.17) is 4.74 Å². The van der Waals surface area contributed by atoms with Crippen LogP contribution < -0.4 is 5.32 Å². The summed E-state index contributed by atoms with van der Waals surface area (Å²) in [7, 11) is 0. The third-order valence-electron chi connectivity index (χ3n) is 5.55. The Hall–Kier alpha value is -2.08. The number of amides is 1. The molecule has 2 aliphatic heterocycles. The molecule has 2 aliphatic rings. The van der Waals surface area contributed by atoms with E-state index < -0.39 is 0 Å². The number of nitrogens with zero attached hydrogens (tertiary/aromatic N) is 3. The molecule has 0 aliphatic carbocycles. The van der Waals surface area contributed by atoms with Gasteiger partial charge in [-0.1, -0.05) is 23.8 Å². The molecule has 6 heteroatoms. The van der Waals surface area contributed by atoms with Gasteiger partial charge in [0.25, 0.3) is 0 Å². The Morgan fingerprint density at radius 2 is 1.96 bits per heavy atom. The van der Waals surface area contributed by atoms with Crippen molar-refractivity contribution in [3.05, 3.63) is 34.9 Å². The molecule has 0 bridgehead atoms. The highest BCUT2D eigenvalue weighted by Crippen LogP contribution is 2.26. The Bertz CT molecular complexity index is 698. The first-order valence-electron chi connectivity index (χ1n) is 10.6. The van der Waals surface area contributed by atoms with Gasteiger partial charge in [0.05, 0.1) is 13.2 Å². The zero-order chi connectivity index (χ0) is 19.9. The fourth-order valence-corrected chi connectivity index (χ4v) is 4.03. The standard InChI is InChI=1S/C22H34N4O2/c1-4-23-22(24-15-21(27)25-10-6-5-7-11-25)26-12-13-28-20(16-26)19-9-8-17(2)14-18(19)3/h8-9,14,20H,4-7,10-13,15-16H2,1-3H3,(H,23,24). The molecule has 2 fully saturated rings. The van der Waals surface area contributed by atoms with E-state index in [9.17, 15) is 4.79 Å². The van der Waals surface area contributed by atoms with Crippen molar-refractivity contribution in [2.75, 3.05) is 45.9 Å². The zero-order valence-electron chi connectivity index (χ0n) is 17.5. The SMILES string of the molecule is CCNC(=NCC(=O)N1CCCCC1)N1CCOC(c2ccc(C)cc2C)C1. The Balaban J connectivity index is 1.67. The molecule has 0 aromatic heterocycles. The minimum Gasteiger partial charge on any atom is -0.370 e. The number of hydrogen-bond donors (Lipinski definition) is 1. The normalized spacial score (nSPS) is 21.0. The minimum absolute atomic E-state index is 0.0241. The molecule has 1 N–H and O–H groups in total. The van der Waals surface area contributed by atoms with Crippen molar-refractivity contribution in [1.82, 2.24) is 15.1 Å². The van der Waals surface area contributed by atoms with E-state index in [-0.39, 0.29) is 18.6 Å². The molecule has 1 aromatic rings. The molecule has 3 rings (SSSR count). The number of carbonyl (C=O) groups excluding carboxylic acids is 1. The first kappa shape index (κ1) is 20.6. The van der Waals surface area contributed by atoms with E-state index in [1.165, 1.54) is 23.1 Å². The number of piperidine rings is 1. The van der Waals surface area contributed by atoms with Crippen molar-refractivity contribution >= 4 is 11.9 Å². The van der Waals surface area contributed by atoms with Gasteiger partial charge < -0.3 is 19.9 Å². The van der Waals surface area contributed by atoms with Crippen LogP contribution in [-0.2, 0) is 9.53 Å². The van der Waals surface area contributed by atoms with E-state index in [2.05, 4.69) is 54.2 Å². The average Bonchev–Trinajstić information content (AvgIpc) is 2.71. The number of hydrogen-bond acceptors (Lipinski definition) is 3. The second-order valence-corrected chi connectivity index (χ2v) is 7.78. The van der Waals surface area contributed by atoms with Crippen molar-refractivity contribution < 1.29 is 9.53 Å². The van der Waals surface area contributed by atoms with Crippen LogP contribution in [0.15, 0.2) is 23.2 Å². The summed E-state index contributed by atoms with van der Waals surface area (Å²) in [6.45, 7) is 11.2. The number of guanidine groups is 1. The van der Waals surface area contributed by atoms with E-state index in [0.717, 1.165) is 51.5 Å². The van der Waals surface area contributed by atoms with Crippen molar-refractivity contribution in [1.29, 1.82) is 0 Å². The van der Waals surface area contributed by atoms with Crippen LogP contribution in [0.4, 0.5) is 0 Å². The van der Waals surface area contributed by atoms with Crippen LogP contribution in [-0.4, -0.2) is 67.5 Å². The summed E-state index contributed by atoms with van der Waals surface area (Å²) in [5, 5.41) is 3.36. The molecule has 154 valence electrons. The highest BCUT2D eigenvalue weighted by atomic mass is 16.5. The van der Waals surface area contributed by atoms with Crippen LogP contribution >= 0.6 is 0 Å². The Morgan fingerprint density at radius 1 is 1.18 bits per heavy atom. The first-order valence-corrected chi connectivity index (χ1v) is 10.6. The number of likely N-dealkylation sites (tertiary alicyclic amines) is 1. The van der Waals surface area contributed by atoms with Crippen LogP contribution in [0.25, 0.3) is 0 Å². The number of benzene rings is 1. The number of carbonyl (C=O) groups is 1. The summed E-state index contributed by atoms with van der Waals surface area (Å²) >= 11 is 0. The molecule has 1 unspecified atom stereocenters. The minimum atomic E-state index is 0.0241. The Morgan fingerprint density at radius 3 is 2.68 bits per heavy atom. The quantitative estimate of drug-likeness (QED) is 0.638. The van der Waals surface area contributed by atoms with Crippen molar-refractivity contribution in [3.63, 3.8) is 0 Å². The molecule has 0 spiro atoms. The van der Waals surface area contributed by atoms with Crippen molar-refractivity contribution in [2.24, 2.45) is 4.99 Å². The molecule has 2 saturated heterocycles. The van der Waals surface area contributed by atoms with Gasteiger partial charge in [0.15, 0.2) is 5.96 Å². The van der Waals surface area contributed by atoms with Crippen LogP contribution in [0, 0.1) is 13.8 Å². The first-order chi connectivity index (χ1) is 13.6. The van der Waals surface area contributed by atoms with Crippen molar-refractivity contribution in [3.8, 4) is 0 Å².